The van der Waals surface area contributed by atoms with E-state index in [2.05, 4.69) is 10.3 Å². The fourth-order valence-electron chi connectivity index (χ4n) is 2.14. The number of hydrogen-bond acceptors (Lipinski definition) is 4. The molecule has 25 heavy (non-hydrogen) atoms. The Morgan fingerprint density at radius 3 is 2.36 bits per heavy atom. The smallest absolute Gasteiger partial charge is 0.255 e. The molecule has 6 nitrogen and oxygen atoms in total. The number of nitrogens with one attached hydrogen (secondary N) is 1. The van der Waals surface area contributed by atoms with Gasteiger partial charge >= 0.3 is 0 Å². The number of para-hydroxylation sites is 1. The molecule has 1 N–H and O–H groups in total. The van der Waals surface area contributed by atoms with Gasteiger partial charge in [0.15, 0.2) is 0 Å². The third kappa shape index (κ3) is 5.91. The summed E-state index contributed by atoms with van der Waals surface area (Å²) in [5.41, 5.74) is 0.0605. The Morgan fingerprint density at radius 2 is 1.80 bits per heavy atom. The zero-order valence-corrected chi connectivity index (χ0v) is 14.9. The minimum absolute atomic E-state index is 0.0155. The van der Waals surface area contributed by atoms with E-state index in [0.717, 1.165) is 0 Å². The van der Waals surface area contributed by atoms with E-state index in [0.29, 0.717) is 17.2 Å². The van der Waals surface area contributed by atoms with Gasteiger partial charge in [0.05, 0.1) is 12.1 Å². The standard InChI is InChI=1S/C19H23N3O3/c1-19(2,3)21-16(23)13-22(4)18(24)14-10-11-17(20-12-14)25-15-8-6-5-7-9-15/h5-12H,13H2,1-4H3,(H,21,23). The van der Waals surface area contributed by atoms with Gasteiger partial charge in [0.1, 0.15) is 5.75 Å². The predicted molar refractivity (Wildman–Crippen MR) is 95.6 cm³/mol. The normalized spacial score (nSPS) is 10.9. The zero-order valence-electron chi connectivity index (χ0n) is 14.9. The summed E-state index contributed by atoms with van der Waals surface area (Å²) in [5, 5.41) is 2.82. The molecule has 1 aromatic carbocycles. The van der Waals surface area contributed by atoms with Crippen LogP contribution in [0.4, 0.5) is 0 Å². The average molecular weight is 341 g/mol. The van der Waals surface area contributed by atoms with E-state index in [9.17, 15) is 9.59 Å². The van der Waals surface area contributed by atoms with Gasteiger partial charge < -0.3 is 15.0 Å². The Morgan fingerprint density at radius 1 is 1.12 bits per heavy atom. The molecule has 1 heterocycles. The van der Waals surface area contributed by atoms with Crippen LogP contribution >= 0.6 is 0 Å². The summed E-state index contributed by atoms with van der Waals surface area (Å²) in [6.07, 6.45) is 1.44. The number of amides is 2. The van der Waals surface area contributed by atoms with Crippen LogP contribution in [0, 0.1) is 0 Å². The number of rotatable bonds is 5. The number of nitrogens with zero attached hydrogens (tertiary/aromatic N) is 2. The minimum atomic E-state index is -0.334. The van der Waals surface area contributed by atoms with Gasteiger partial charge in [-0.2, -0.15) is 0 Å². The molecule has 0 atom stereocenters. The van der Waals surface area contributed by atoms with Crippen LogP contribution in [0.3, 0.4) is 0 Å². The number of carbonyl (C=O) groups is 2. The lowest BCUT2D eigenvalue weighted by Gasteiger charge is -2.23. The largest absolute Gasteiger partial charge is 0.439 e. The SMILES string of the molecule is CN(CC(=O)NC(C)(C)C)C(=O)c1ccc(Oc2ccccc2)nc1. The van der Waals surface area contributed by atoms with E-state index in [-0.39, 0.29) is 23.9 Å². The quantitative estimate of drug-likeness (QED) is 0.908. The monoisotopic (exact) mass is 341 g/mol. The van der Waals surface area contributed by atoms with E-state index in [1.54, 1.807) is 19.2 Å². The van der Waals surface area contributed by atoms with Crippen LogP contribution in [-0.2, 0) is 4.79 Å². The Labute approximate surface area is 147 Å². The molecule has 2 amide bonds. The van der Waals surface area contributed by atoms with E-state index < -0.39 is 0 Å². The van der Waals surface area contributed by atoms with Crippen LogP contribution in [0.25, 0.3) is 0 Å². The first-order valence-corrected chi connectivity index (χ1v) is 8.00. The predicted octanol–water partition coefficient (Wildman–Crippen LogP) is 2.86. The van der Waals surface area contributed by atoms with E-state index in [1.807, 2.05) is 51.1 Å². The number of hydrogen-bond donors (Lipinski definition) is 1. The van der Waals surface area contributed by atoms with E-state index >= 15 is 0 Å². The summed E-state index contributed by atoms with van der Waals surface area (Å²) >= 11 is 0. The van der Waals surface area contributed by atoms with Crippen molar-refractivity contribution in [1.82, 2.24) is 15.2 Å². The van der Waals surface area contributed by atoms with Crippen LogP contribution in [0.5, 0.6) is 11.6 Å². The topological polar surface area (TPSA) is 71.5 Å². The molecule has 6 heteroatoms. The molecule has 0 bridgehead atoms. The highest BCUT2D eigenvalue weighted by Gasteiger charge is 2.19. The highest BCUT2D eigenvalue weighted by atomic mass is 16.5. The summed E-state index contributed by atoms with van der Waals surface area (Å²) in [5.74, 6) is 0.587. The van der Waals surface area contributed by atoms with Crippen molar-refractivity contribution in [1.29, 1.82) is 0 Å². The molecule has 0 aliphatic carbocycles. The van der Waals surface area contributed by atoms with Crippen molar-refractivity contribution in [2.45, 2.75) is 26.3 Å². The zero-order chi connectivity index (χ0) is 18.4. The lowest BCUT2D eigenvalue weighted by atomic mass is 10.1. The molecule has 2 rings (SSSR count). The minimum Gasteiger partial charge on any atom is -0.439 e. The molecule has 0 fully saturated rings. The number of pyridine rings is 1. The highest BCUT2D eigenvalue weighted by molar-refractivity contribution is 5.96. The first-order valence-electron chi connectivity index (χ1n) is 8.00. The van der Waals surface area contributed by atoms with E-state index in [1.165, 1.54) is 11.1 Å². The Hall–Kier alpha value is -2.89. The second kappa shape index (κ2) is 7.79. The molecule has 0 aliphatic heterocycles. The second-order valence-electron chi connectivity index (χ2n) is 6.76. The summed E-state index contributed by atoms with van der Waals surface area (Å²) in [6, 6.07) is 12.5. The first-order chi connectivity index (χ1) is 11.7. The van der Waals surface area contributed by atoms with E-state index in [4.69, 9.17) is 4.74 Å². The van der Waals surface area contributed by atoms with Gasteiger partial charge in [-0.3, -0.25) is 9.59 Å². The van der Waals surface area contributed by atoms with Crippen LogP contribution in [0.2, 0.25) is 0 Å². The van der Waals surface area contributed by atoms with Crippen LogP contribution in [0.1, 0.15) is 31.1 Å². The summed E-state index contributed by atoms with van der Waals surface area (Å²) in [4.78, 5) is 29.8. The van der Waals surface area contributed by atoms with Crippen LogP contribution in [-0.4, -0.2) is 40.8 Å². The van der Waals surface area contributed by atoms with Crippen molar-refractivity contribution in [2.75, 3.05) is 13.6 Å². The van der Waals surface area contributed by atoms with Gasteiger partial charge in [-0.05, 0) is 39.0 Å². The third-order valence-electron chi connectivity index (χ3n) is 3.19. The molecule has 0 spiro atoms. The van der Waals surface area contributed by atoms with Crippen molar-refractivity contribution < 1.29 is 14.3 Å². The Kier molecular flexibility index (Phi) is 5.75. The van der Waals surface area contributed by atoms with Gasteiger partial charge in [-0.25, -0.2) is 4.98 Å². The maximum atomic E-state index is 12.4. The molecule has 0 saturated carbocycles. The van der Waals surface area contributed by atoms with Crippen LogP contribution < -0.4 is 10.1 Å². The first kappa shape index (κ1) is 18.4. The van der Waals surface area contributed by atoms with Gasteiger partial charge in [0.2, 0.25) is 11.8 Å². The Bertz CT molecular complexity index is 722. The van der Waals surface area contributed by atoms with Crippen molar-refractivity contribution in [3.63, 3.8) is 0 Å². The fourth-order valence-corrected chi connectivity index (χ4v) is 2.14. The van der Waals surface area contributed by atoms with Crippen molar-refractivity contribution >= 4 is 11.8 Å². The molecular formula is C19H23N3O3. The van der Waals surface area contributed by atoms with Crippen LogP contribution in [0.15, 0.2) is 48.7 Å². The third-order valence-corrected chi connectivity index (χ3v) is 3.19. The van der Waals surface area contributed by atoms with Gasteiger partial charge in [-0.15, -0.1) is 0 Å². The lowest BCUT2D eigenvalue weighted by molar-refractivity contribution is -0.122. The van der Waals surface area contributed by atoms with Gasteiger partial charge in [0, 0.05) is 24.8 Å². The van der Waals surface area contributed by atoms with Crippen molar-refractivity contribution in [2.24, 2.45) is 0 Å². The molecular weight excluding hydrogens is 318 g/mol. The number of aromatic nitrogens is 1. The molecule has 0 unspecified atom stereocenters. The Balaban J connectivity index is 1.96. The number of carbonyl (C=O) groups excluding carboxylic acids is 2. The summed E-state index contributed by atoms with van der Waals surface area (Å²) < 4.78 is 5.59. The maximum absolute atomic E-state index is 12.4. The fraction of sp³-hybridized carbons (Fsp3) is 0.316. The average Bonchev–Trinajstić information content (AvgIpc) is 2.54. The van der Waals surface area contributed by atoms with Gasteiger partial charge in [-0.1, -0.05) is 18.2 Å². The molecule has 132 valence electrons. The second-order valence-corrected chi connectivity index (χ2v) is 6.76. The lowest BCUT2D eigenvalue weighted by Crippen LogP contribution is -2.46. The highest BCUT2D eigenvalue weighted by Crippen LogP contribution is 2.18. The number of benzene rings is 1. The summed E-state index contributed by atoms with van der Waals surface area (Å²) in [7, 11) is 1.58. The number of ether oxygens (including phenoxy) is 1. The van der Waals surface area contributed by atoms with Gasteiger partial charge in [0.25, 0.3) is 5.91 Å². The molecule has 0 saturated heterocycles. The maximum Gasteiger partial charge on any atom is 0.255 e. The molecule has 1 aromatic heterocycles. The van der Waals surface area contributed by atoms with Crippen molar-refractivity contribution in [3.05, 3.63) is 54.2 Å². The molecule has 0 radical (unpaired) electrons. The number of likely N-dealkylation sites (N-methyl/N-ethyl adjacent to an activating group) is 1. The molecule has 0 aliphatic rings. The molecule has 2 aromatic rings. The van der Waals surface area contributed by atoms with Crippen molar-refractivity contribution in [3.8, 4) is 11.6 Å². The summed E-state index contributed by atoms with van der Waals surface area (Å²) in [6.45, 7) is 5.66.